The number of nitrogens with zero attached hydrogens (tertiary/aromatic N) is 1. The third-order valence-corrected chi connectivity index (χ3v) is 2.29. The Balaban J connectivity index is 2.92. The Hall–Kier alpha value is -1.51. The van der Waals surface area contributed by atoms with E-state index in [2.05, 4.69) is 4.98 Å². The van der Waals surface area contributed by atoms with E-state index in [0.717, 1.165) is 27.9 Å². The SMILES string of the molecule is Cc1nc2c(C)c(N)c(C)cc2o1. The number of rotatable bonds is 0. The maximum Gasteiger partial charge on any atom is 0.192 e. The molecule has 1 aromatic heterocycles. The fraction of sp³-hybridized carbons (Fsp3) is 0.300. The van der Waals surface area contributed by atoms with Crippen LogP contribution in [0.2, 0.25) is 0 Å². The minimum atomic E-state index is 0.683. The maximum absolute atomic E-state index is 5.88. The minimum absolute atomic E-state index is 0.683. The topological polar surface area (TPSA) is 52.0 Å². The van der Waals surface area contributed by atoms with Crippen LogP contribution < -0.4 is 5.73 Å². The van der Waals surface area contributed by atoms with Gasteiger partial charge < -0.3 is 10.2 Å². The van der Waals surface area contributed by atoms with Gasteiger partial charge in [0.05, 0.1) is 0 Å². The molecule has 0 saturated heterocycles. The highest BCUT2D eigenvalue weighted by atomic mass is 16.3. The molecule has 13 heavy (non-hydrogen) atoms. The van der Waals surface area contributed by atoms with E-state index < -0.39 is 0 Å². The molecule has 0 bridgehead atoms. The molecule has 0 fully saturated rings. The van der Waals surface area contributed by atoms with Crippen LogP contribution in [0.25, 0.3) is 11.1 Å². The van der Waals surface area contributed by atoms with Gasteiger partial charge in [0.25, 0.3) is 0 Å². The zero-order valence-electron chi connectivity index (χ0n) is 8.01. The molecule has 1 aromatic carbocycles. The zero-order valence-corrected chi connectivity index (χ0v) is 8.01. The fourth-order valence-corrected chi connectivity index (χ4v) is 1.51. The van der Waals surface area contributed by atoms with Crippen molar-refractivity contribution in [3.63, 3.8) is 0 Å². The number of hydrogen-bond acceptors (Lipinski definition) is 3. The summed E-state index contributed by atoms with van der Waals surface area (Å²) in [7, 11) is 0. The van der Waals surface area contributed by atoms with Crippen molar-refractivity contribution in [1.29, 1.82) is 0 Å². The van der Waals surface area contributed by atoms with Gasteiger partial charge in [-0.05, 0) is 25.5 Å². The molecule has 2 N–H and O–H groups in total. The van der Waals surface area contributed by atoms with Gasteiger partial charge in [0.2, 0.25) is 0 Å². The Morgan fingerprint density at radius 1 is 1.31 bits per heavy atom. The average Bonchev–Trinajstić information content (AvgIpc) is 2.42. The summed E-state index contributed by atoms with van der Waals surface area (Å²) in [5, 5.41) is 0. The second-order valence-electron chi connectivity index (χ2n) is 3.31. The van der Waals surface area contributed by atoms with E-state index in [1.807, 2.05) is 26.8 Å². The van der Waals surface area contributed by atoms with E-state index in [9.17, 15) is 0 Å². The van der Waals surface area contributed by atoms with Crippen molar-refractivity contribution in [3.8, 4) is 0 Å². The number of fused-ring (bicyclic) bond motifs is 1. The van der Waals surface area contributed by atoms with Crippen molar-refractivity contribution in [2.75, 3.05) is 5.73 Å². The summed E-state index contributed by atoms with van der Waals surface area (Å²) >= 11 is 0. The first-order valence-electron chi connectivity index (χ1n) is 4.22. The number of benzene rings is 1. The summed E-state index contributed by atoms with van der Waals surface area (Å²) in [6.07, 6.45) is 0. The monoisotopic (exact) mass is 176 g/mol. The Morgan fingerprint density at radius 2 is 2.00 bits per heavy atom. The molecule has 0 aliphatic heterocycles. The lowest BCUT2D eigenvalue weighted by Gasteiger charge is -2.02. The predicted octanol–water partition coefficient (Wildman–Crippen LogP) is 2.34. The molecule has 0 radical (unpaired) electrons. The summed E-state index contributed by atoms with van der Waals surface area (Å²) in [6, 6.07) is 1.93. The molecule has 0 aliphatic rings. The second-order valence-corrected chi connectivity index (χ2v) is 3.31. The van der Waals surface area contributed by atoms with Crippen molar-refractivity contribution in [3.05, 3.63) is 23.1 Å². The van der Waals surface area contributed by atoms with E-state index in [-0.39, 0.29) is 0 Å². The van der Waals surface area contributed by atoms with Crippen LogP contribution in [-0.2, 0) is 0 Å². The number of anilines is 1. The number of hydrogen-bond donors (Lipinski definition) is 1. The lowest BCUT2D eigenvalue weighted by atomic mass is 10.1. The molecule has 0 amide bonds. The average molecular weight is 176 g/mol. The molecule has 2 aromatic rings. The number of aromatic nitrogens is 1. The molecule has 0 atom stereocenters. The molecule has 3 heteroatoms. The Morgan fingerprint density at radius 3 is 2.69 bits per heavy atom. The van der Waals surface area contributed by atoms with Crippen molar-refractivity contribution >= 4 is 16.8 Å². The number of aryl methyl sites for hydroxylation is 3. The quantitative estimate of drug-likeness (QED) is 0.627. The first kappa shape index (κ1) is 8.10. The summed E-state index contributed by atoms with van der Waals surface area (Å²) in [4.78, 5) is 4.27. The first-order valence-corrected chi connectivity index (χ1v) is 4.22. The predicted molar refractivity (Wildman–Crippen MR) is 52.6 cm³/mol. The largest absolute Gasteiger partial charge is 0.441 e. The smallest absolute Gasteiger partial charge is 0.192 e. The molecular weight excluding hydrogens is 164 g/mol. The molecular formula is C10H12N2O. The molecule has 3 nitrogen and oxygen atoms in total. The molecule has 0 saturated carbocycles. The van der Waals surface area contributed by atoms with Crippen molar-refractivity contribution in [1.82, 2.24) is 4.98 Å². The van der Waals surface area contributed by atoms with Crippen LogP contribution in [0, 0.1) is 20.8 Å². The minimum Gasteiger partial charge on any atom is -0.441 e. The van der Waals surface area contributed by atoms with Gasteiger partial charge in [-0.15, -0.1) is 0 Å². The third kappa shape index (κ3) is 1.08. The van der Waals surface area contributed by atoms with Gasteiger partial charge in [-0.3, -0.25) is 0 Å². The number of nitrogens with two attached hydrogens (primary N) is 1. The molecule has 0 aliphatic carbocycles. The second kappa shape index (κ2) is 2.49. The van der Waals surface area contributed by atoms with Crippen molar-refractivity contribution in [2.45, 2.75) is 20.8 Å². The Kier molecular flexibility index (Phi) is 1.55. The van der Waals surface area contributed by atoms with Crippen LogP contribution in [0.4, 0.5) is 5.69 Å². The molecule has 0 unspecified atom stereocenters. The van der Waals surface area contributed by atoms with Crippen LogP contribution in [-0.4, -0.2) is 4.98 Å². The lowest BCUT2D eigenvalue weighted by Crippen LogP contribution is -1.93. The van der Waals surface area contributed by atoms with Crippen molar-refractivity contribution in [2.24, 2.45) is 0 Å². The van der Waals surface area contributed by atoms with Gasteiger partial charge in [-0.25, -0.2) is 4.98 Å². The van der Waals surface area contributed by atoms with Gasteiger partial charge >= 0.3 is 0 Å². The van der Waals surface area contributed by atoms with Crippen LogP contribution in [0.1, 0.15) is 17.0 Å². The van der Waals surface area contributed by atoms with Crippen LogP contribution in [0.5, 0.6) is 0 Å². The normalized spacial score (nSPS) is 11.0. The van der Waals surface area contributed by atoms with E-state index in [4.69, 9.17) is 10.2 Å². The molecule has 68 valence electrons. The molecule has 2 rings (SSSR count). The highest BCUT2D eigenvalue weighted by molar-refractivity contribution is 5.83. The molecule has 1 heterocycles. The van der Waals surface area contributed by atoms with E-state index >= 15 is 0 Å². The van der Waals surface area contributed by atoms with Gasteiger partial charge in [-0.2, -0.15) is 0 Å². The van der Waals surface area contributed by atoms with Crippen molar-refractivity contribution < 1.29 is 4.42 Å². The first-order chi connectivity index (χ1) is 6.09. The summed E-state index contributed by atoms with van der Waals surface area (Å²) in [5.74, 6) is 0.683. The third-order valence-electron chi connectivity index (χ3n) is 2.29. The molecule has 0 spiro atoms. The number of nitrogen functional groups attached to an aromatic ring is 1. The summed E-state index contributed by atoms with van der Waals surface area (Å²) in [5.41, 5.74) is 10.4. The van der Waals surface area contributed by atoms with E-state index in [0.29, 0.717) is 5.89 Å². The summed E-state index contributed by atoms with van der Waals surface area (Å²) in [6.45, 7) is 5.78. The highest BCUT2D eigenvalue weighted by Crippen LogP contribution is 2.26. The fourth-order valence-electron chi connectivity index (χ4n) is 1.51. The van der Waals surface area contributed by atoms with Crippen LogP contribution in [0.15, 0.2) is 10.5 Å². The highest BCUT2D eigenvalue weighted by Gasteiger charge is 2.09. The van der Waals surface area contributed by atoms with Gasteiger partial charge in [0.1, 0.15) is 5.52 Å². The van der Waals surface area contributed by atoms with Gasteiger partial charge in [0.15, 0.2) is 11.5 Å². The lowest BCUT2D eigenvalue weighted by molar-refractivity contribution is 0.561. The number of oxazole rings is 1. The van der Waals surface area contributed by atoms with Gasteiger partial charge in [0, 0.05) is 18.2 Å². The Bertz CT molecular complexity index is 471. The van der Waals surface area contributed by atoms with Crippen LogP contribution >= 0.6 is 0 Å². The van der Waals surface area contributed by atoms with E-state index in [1.165, 1.54) is 0 Å². The maximum atomic E-state index is 5.88. The summed E-state index contributed by atoms with van der Waals surface area (Å²) < 4.78 is 5.42. The van der Waals surface area contributed by atoms with E-state index in [1.54, 1.807) is 0 Å². The Labute approximate surface area is 76.6 Å². The zero-order chi connectivity index (χ0) is 9.59. The van der Waals surface area contributed by atoms with Gasteiger partial charge in [-0.1, -0.05) is 0 Å². The standard InChI is InChI=1S/C10H12N2O/c1-5-4-8-10(6(2)9(5)11)12-7(3)13-8/h4H,11H2,1-3H3. The van der Waals surface area contributed by atoms with Crippen LogP contribution in [0.3, 0.4) is 0 Å².